The summed E-state index contributed by atoms with van der Waals surface area (Å²) in [4.78, 5) is 16.7. The van der Waals surface area contributed by atoms with Crippen LogP contribution < -0.4 is 10.1 Å². The number of hydrogen-bond acceptors (Lipinski definition) is 4. The molecule has 0 spiro atoms. The molecule has 1 aromatic heterocycles. The molecule has 6 nitrogen and oxygen atoms in total. The van der Waals surface area contributed by atoms with E-state index < -0.39 is 0 Å². The molecule has 27 heavy (non-hydrogen) atoms. The predicted octanol–water partition coefficient (Wildman–Crippen LogP) is 3.07. The molecule has 0 bridgehead atoms. The molecule has 1 N–H and O–H groups in total. The normalized spacial score (nSPS) is 10.9. The average molecular weight is 388 g/mol. The van der Waals surface area contributed by atoms with E-state index in [4.69, 9.17) is 21.1 Å². The van der Waals surface area contributed by atoms with Crippen molar-refractivity contribution in [1.29, 1.82) is 0 Å². The average Bonchev–Trinajstić information content (AvgIpc) is 3.03. The number of para-hydroxylation sites is 2. The molecule has 0 aliphatic rings. The van der Waals surface area contributed by atoms with Gasteiger partial charge in [-0.25, -0.2) is 4.98 Å². The molecule has 0 saturated carbocycles. The van der Waals surface area contributed by atoms with E-state index in [2.05, 4.69) is 14.9 Å². The van der Waals surface area contributed by atoms with Crippen molar-refractivity contribution >= 4 is 28.5 Å². The van der Waals surface area contributed by atoms with Gasteiger partial charge in [0.2, 0.25) is 0 Å². The first-order chi connectivity index (χ1) is 13.2. The van der Waals surface area contributed by atoms with Crippen molar-refractivity contribution in [3.63, 3.8) is 0 Å². The lowest BCUT2D eigenvalue weighted by Gasteiger charge is -2.10. The Labute approximate surface area is 163 Å². The molecule has 0 unspecified atom stereocenters. The molecule has 7 heteroatoms. The standard InChI is InChI=1S/C20H22ClN3O3/c1-26-13-12-24-18-5-3-2-4-17(18)23-19(24)10-11-22-20(25)14-27-16-8-6-15(21)7-9-16/h2-9H,10-14H2,1H3,(H,22,25). The highest BCUT2D eigenvalue weighted by Crippen LogP contribution is 2.17. The molecule has 0 saturated heterocycles. The first-order valence-corrected chi connectivity index (χ1v) is 9.13. The van der Waals surface area contributed by atoms with Gasteiger partial charge in [-0.05, 0) is 36.4 Å². The second kappa shape index (κ2) is 9.39. The molecular formula is C20H22ClN3O3. The number of aromatic nitrogens is 2. The van der Waals surface area contributed by atoms with Crippen LogP contribution in [0.2, 0.25) is 5.02 Å². The minimum Gasteiger partial charge on any atom is -0.484 e. The van der Waals surface area contributed by atoms with Crippen molar-refractivity contribution < 1.29 is 14.3 Å². The quantitative estimate of drug-likeness (QED) is 0.612. The fraction of sp³-hybridized carbons (Fsp3) is 0.300. The lowest BCUT2D eigenvalue weighted by atomic mass is 10.3. The second-order valence-electron chi connectivity index (χ2n) is 6.00. The molecule has 2 aromatic carbocycles. The van der Waals surface area contributed by atoms with Crippen molar-refractivity contribution in [2.24, 2.45) is 0 Å². The Morgan fingerprint density at radius 1 is 1.19 bits per heavy atom. The van der Waals surface area contributed by atoms with Crippen molar-refractivity contribution in [3.8, 4) is 5.75 Å². The van der Waals surface area contributed by atoms with Crippen LogP contribution in [0.4, 0.5) is 0 Å². The van der Waals surface area contributed by atoms with Gasteiger partial charge in [0, 0.05) is 31.6 Å². The van der Waals surface area contributed by atoms with Crippen LogP contribution in [-0.2, 0) is 22.5 Å². The maximum absolute atomic E-state index is 12.0. The van der Waals surface area contributed by atoms with Crippen LogP contribution in [0, 0.1) is 0 Å². The Balaban J connectivity index is 1.53. The van der Waals surface area contributed by atoms with Gasteiger partial charge in [-0.1, -0.05) is 23.7 Å². The SMILES string of the molecule is COCCn1c(CCNC(=O)COc2ccc(Cl)cc2)nc2ccccc21. The van der Waals surface area contributed by atoms with Gasteiger partial charge in [0.1, 0.15) is 11.6 Å². The topological polar surface area (TPSA) is 65.4 Å². The van der Waals surface area contributed by atoms with Crippen LogP contribution in [0.5, 0.6) is 5.75 Å². The van der Waals surface area contributed by atoms with Gasteiger partial charge < -0.3 is 19.4 Å². The molecule has 1 amide bonds. The van der Waals surface area contributed by atoms with E-state index >= 15 is 0 Å². The van der Waals surface area contributed by atoms with E-state index in [1.807, 2.05) is 24.3 Å². The van der Waals surface area contributed by atoms with E-state index in [-0.39, 0.29) is 12.5 Å². The number of hydrogen-bond donors (Lipinski definition) is 1. The first kappa shape index (κ1) is 19.2. The van der Waals surface area contributed by atoms with Gasteiger partial charge in [-0.15, -0.1) is 0 Å². The Hall–Kier alpha value is -2.57. The number of fused-ring (bicyclic) bond motifs is 1. The molecule has 0 radical (unpaired) electrons. The summed E-state index contributed by atoms with van der Waals surface area (Å²) >= 11 is 5.82. The van der Waals surface area contributed by atoms with Gasteiger partial charge in [-0.3, -0.25) is 4.79 Å². The van der Waals surface area contributed by atoms with E-state index in [1.165, 1.54) is 0 Å². The van der Waals surface area contributed by atoms with Crippen molar-refractivity contribution in [1.82, 2.24) is 14.9 Å². The highest BCUT2D eigenvalue weighted by Gasteiger charge is 2.11. The fourth-order valence-corrected chi connectivity index (χ4v) is 2.92. The zero-order chi connectivity index (χ0) is 19.1. The van der Waals surface area contributed by atoms with Gasteiger partial charge in [0.05, 0.1) is 17.6 Å². The molecule has 3 aromatic rings. The first-order valence-electron chi connectivity index (χ1n) is 8.75. The smallest absolute Gasteiger partial charge is 0.257 e. The van der Waals surface area contributed by atoms with Crippen molar-refractivity contribution in [2.75, 3.05) is 26.9 Å². The van der Waals surface area contributed by atoms with Crippen LogP contribution in [0.25, 0.3) is 11.0 Å². The third-order valence-electron chi connectivity index (χ3n) is 4.11. The van der Waals surface area contributed by atoms with Gasteiger partial charge in [0.15, 0.2) is 6.61 Å². The van der Waals surface area contributed by atoms with Gasteiger partial charge in [0.25, 0.3) is 5.91 Å². The summed E-state index contributed by atoms with van der Waals surface area (Å²) in [5.74, 6) is 1.35. The van der Waals surface area contributed by atoms with Crippen LogP contribution in [0.15, 0.2) is 48.5 Å². The zero-order valence-electron chi connectivity index (χ0n) is 15.2. The largest absolute Gasteiger partial charge is 0.484 e. The number of methoxy groups -OCH3 is 1. The number of rotatable bonds is 9. The number of amides is 1. The second-order valence-corrected chi connectivity index (χ2v) is 6.44. The summed E-state index contributed by atoms with van der Waals surface area (Å²) in [7, 11) is 1.68. The highest BCUT2D eigenvalue weighted by molar-refractivity contribution is 6.30. The summed E-state index contributed by atoms with van der Waals surface area (Å²) in [6, 6.07) is 14.9. The maximum Gasteiger partial charge on any atom is 0.257 e. The van der Waals surface area contributed by atoms with Gasteiger partial charge in [-0.2, -0.15) is 0 Å². The molecule has 0 fully saturated rings. The Morgan fingerprint density at radius 2 is 1.96 bits per heavy atom. The third kappa shape index (κ3) is 5.21. The van der Waals surface area contributed by atoms with Gasteiger partial charge >= 0.3 is 0 Å². The molecular weight excluding hydrogens is 366 g/mol. The summed E-state index contributed by atoms with van der Waals surface area (Å²) in [5, 5.41) is 3.49. The van der Waals surface area contributed by atoms with E-state index in [0.717, 1.165) is 23.4 Å². The van der Waals surface area contributed by atoms with Crippen molar-refractivity contribution in [2.45, 2.75) is 13.0 Å². The maximum atomic E-state index is 12.0. The fourth-order valence-electron chi connectivity index (χ4n) is 2.79. The van der Waals surface area contributed by atoms with Crippen LogP contribution in [0.1, 0.15) is 5.82 Å². The number of nitrogens with zero attached hydrogens (tertiary/aromatic N) is 2. The molecule has 0 atom stereocenters. The Morgan fingerprint density at radius 3 is 2.74 bits per heavy atom. The van der Waals surface area contributed by atoms with E-state index in [1.54, 1.807) is 31.4 Å². The molecule has 0 aliphatic carbocycles. The summed E-state index contributed by atoms with van der Waals surface area (Å²) in [5.41, 5.74) is 2.02. The number of imidazole rings is 1. The summed E-state index contributed by atoms with van der Waals surface area (Å²) < 4.78 is 12.8. The lowest BCUT2D eigenvalue weighted by Crippen LogP contribution is -2.31. The minimum absolute atomic E-state index is 0.0400. The molecule has 142 valence electrons. The highest BCUT2D eigenvalue weighted by atomic mass is 35.5. The molecule has 0 aliphatic heterocycles. The Bertz CT molecular complexity index is 893. The van der Waals surface area contributed by atoms with Crippen LogP contribution in [-0.4, -0.2) is 42.3 Å². The number of ether oxygens (including phenoxy) is 2. The third-order valence-corrected chi connectivity index (χ3v) is 4.36. The lowest BCUT2D eigenvalue weighted by molar-refractivity contribution is -0.123. The summed E-state index contributed by atoms with van der Waals surface area (Å²) in [6.45, 7) is 1.77. The van der Waals surface area contributed by atoms with Crippen LogP contribution in [0.3, 0.4) is 0 Å². The van der Waals surface area contributed by atoms with E-state index in [9.17, 15) is 4.79 Å². The zero-order valence-corrected chi connectivity index (χ0v) is 15.9. The number of halogens is 1. The summed E-state index contributed by atoms with van der Waals surface area (Å²) in [6.07, 6.45) is 0.630. The molecule has 3 rings (SSSR count). The van der Waals surface area contributed by atoms with Crippen LogP contribution >= 0.6 is 11.6 Å². The van der Waals surface area contributed by atoms with E-state index in [0.29, 0.717) is 30.3 Å². The predicted molar refractivity (Wildman–Crippen MR) is 105 cm³/mol. The Kier molecular flexibility index (Phi) is 6.68. The minimum atomic E-state index is -0.176. The monoisotopic (exact) mass is 387 g/mol. The number of carbonyl (C=O) groups is 1. The molecule has 1 heterocycles. The number of benzene rings is 2. The number of carbonyl (C=O) groups excluding carboxylic acids is 1. The number of nitrogens with one attached hydrogen (secondary N) is 1. The van der Waals surface area contributed by atoms with Crippen molar-refractivity contribution in [3.05, 3.63) is 59.4 Å².